The quantitative estimate of drug-likeness (QED) is 0.545. The highest BCUT2D eigenvalue weighted by Crippen LogP contribution is 2.33. The van der Waals surface area contributed by atoms with Crippen LogP contribution in [0.4, 0.5) is 4.79 Å². The molecule has 5 nitrogen and oxygen atoms in total. The number of rotatable bonds is 6. The third-order valence-corrected chi connectivity index (χ3v) is 5.18. The molecule has 0 radical (unpaired) electrons. The second-order valence-corrected chi connectivity index (χ2v) is 9.06. The van der Waals surface area contributed by atoms with Gasteiger partial charge in [-0.3, -0.25) is 4.79 Å². The summed E-state index contributed by atoms with van der Waals surface area (Å²) in [6, 6.07) is -0.188. The van der Waals surface area contributed by atoms with Gasteiger partial charge >= 0.3 is 12.1 Å². The normalized spacial score (nSPS) is 25.5. The van der Waals surface area contributed by atoms with Gasteiger partial charge in [-0.15, -0.1) is 6.58 Å². The molecule has 148 valence electrons. The predicted octanol–water partition coefficient (Wildman–Crippen LogP) is 4.75. The summed E-state index contributed by atoms with van der Waals surface area (Å²) in [5.41, 5.74) is 0.436. The number of esters is 1. The smallest absolute Gasteiger partial charge is 0.408 e. The van der Waals surface area contributed by atoms with Crippen LogP contribution in [0.1, 0.15) is 79.1 Å². The number of carbonyl (C=O) groups is 2. The van der Waals surface area contributed by atoms with E-state index in [4.69, 9.17) is 9.47 Å². The average molecular weight is 366 g/mol. The number of allylic oxidation sites excluding steroid dienone is 1. The summed E-state index contributed by atoms with van der Waals surface area (Å²) < 4.78 is 11.1. The Morgan fingerprint density at radius 3 is 2.54 bits per heavy atom. The van der Waals surface area contributed by atoms with Gasteiger partial charge in [-0.05, 0) is 52.9 Å². The minimum Gasteiger partial charge on any atom is -0.460 e. The van der Waals surface area contributed by atoms with Crippen LogP contribution >= 0.6 is 0 Å². The maximum atomic E-state index is 12.3. The van der Waals surface area contributed by atoms with Crippen LogP contribution in [-0.2, 0) is 14.3 Å². The first-order chi connectivity index (χ1) is 12.1. The van der Waals surface area contributed by atoms with Crippen molar-refractivity contribution < 1.29 is 19.1 Å². The van der Waals surface area contributed by atoms with Crippen LogP contribution in [0.25, 0.3) is 0 Å². The van der Waals surface area contributed by atoms with Gasteiger partial charge in [-0.2, -0.15) is 0 Å². The largest absolute Gasteiger partial charge is 0.460 e. The summed E-state index contributed by atoms with van der Waals surface area (Å²) in [5.74, 6) is 0.256. The van der Waals surface area contributed by atoms with Crippen molar-refractivity contribution in [3.05, 3.63) is 12.2 Å². The van der Waals surface area contributed by atoms with Gasteiger partial charge < -0.3 is 14.8 Å². The van der Waals surface area contributed by atoms with Crippen LogP contribution in [0.15, 0.2) is 12.2 Å². The van der Waals surface area contributed by atoms with E-state index in [1.54, 1.807) is 0 Å². The Morgan fingerprint density at radius 2 is 1.96 bits per heavy atom. The number of alkyl carbamates (subject to hydrolysis) is 1. The molecule has 0 aromatic heterocycles. The molecule has 0 bridgehead atoms. The van der Waals surface area contributed by atoms with E-state index in [0.717, 1.165) is 12.0 Å². The monoisotopic (exact) mass is 365 g/mol. The zero-order chi connectivity index (χ0) is 19.3. The number of amides is 1. The van der Waals surface area contributed by atoms with E-state index in [2.05, 4.69) is 11.9 Å². The van der Waals surface area contributed by atoms with Crippen molar-refractivity contribution in [2.45, 2.75) is 96.8 Å². The second kappa shape index (κ2) is 8.92. The van der Waals surface area contributed by atoms with Crippen molar-refractivity contribution in [1.29, 1.82) is 0 Å². The van der Waals surface area contributed by atoms with Gasteiger partial charge in [0.2, 0.25) is 0 Å². The first kappa shape index (κ1) is 20.8. The predicted molar refractivity (Wildman–Crippen MR) is 102 cm³/mol. The molecule has 1 amide bonds. The van der Waals surface area contributed by atoms with Crippen molar-refractivity contribution in [3.63, 3.8) is 0 Å². The number of ether oxygens (including phenoxy) is 2. The zero-order valence-corrected chi connectivity index (χ0v) is 16.8. The molecule has 0 aromatic rings. The topological polar surface area (TPSA) is 64.6 Å². The molecule has 3 atom stereocenters. The number of hydrogen-bond acceptors (Lipinski definition) is 4. The molecule has 26 heavy (non-hydrogen) atoms. The third kappa shape index (κ3) is 6.65. The maximum absolute atomic E-state index is 12.3. The first-order valence-electron chi connectivity index (χ1n) is 9.98. The summed E-state index contributed by atoms with van der Waals surface area (Å²) in [6.07, 6.45) is 7.57. The van der Waals surface area contributed by atoms with Crippen molar-refractivity contribution in [2.24, 2.45) is 11.8 Å². The van der Waals surface area contributed by atoms with Gasteiger partial charge in [0.05, 0.1) is 12.0 Å². The first-order valence-corrected chi connectivity index (χ1v) is 9.98. The molecule has 2 aliphatic rings. The molecule has 3 unspecified atom stereocenters. The molecule has 1 N–H and O–H groups in total. The zero-order valence-electron chi connectivity index (χ0n) is 16.8. The molecular formula is C21H35NO4. The van der Waals surface area contributed by atoms with Crippen molar-refractivity contribution >= 4 is 12.1 Å². The summed E-state index contributed by atoms with van der Waals surface area (Å²) >= 11 is 0. The molecule has 1 aliphatic carbocycles. The fraction of sp³-hybridized carbons (Fsp3) is 0.810. The van der Waals surface area contributed by atoms with Gasteiger partial charge in [-0.1, -0.05) is 37.7 Å². The van der Waals surface area contributed by atoms with Crippen LogP contribution in [-0.4, -0.2) is 29.8 Å². The molecule has 1 aliphatic heterocycles. The lowest BCUT2D eigenvalue weighted by Gasteiger charge is -2.30. The minimum atomic E-state index is -0.547. The lowest BCUT2D eigenvalue weighted by molar-refractivity contribution is -0.145. The summed E-state index contributed by atoms with van der Waals surface area (Å²) in [7, 11) is 0. The Kier molecular flexibility index (Phi) is 7.13. The van der Waals surface area contributed by atoms with E-state index in [1.807, 2.05) is 27.7 Å². The van der Waals surface area contributed by atoms with E-state index in [-0.39, 0.29) is 24.0 Å². The summed E-state index contributed by atoms with van der Waals surface area (Å²) in [4.78, 5) is 24.5. The standard InChI is InChI=1S/C21H35NO4/c1-14(2)11-16-13-18(25-19(16)23)17(12-15-9-7-6-8-10-15)22-20(24)26-21(3,4)5/h15-18H,1,6-13H2,2-5H3,(H,22,24). The third-order valence-electron chi connectivity index (χ3n) is 5.18. The highest BCUT2D eigenvalue weighted by Gasteiger charge is 2.40. The van der Waals surface area contributed by atoms with E-state index < -0.39 is 11.7 Å². The van der Waals surface area contributed by atoms with E-state index in [0.29, 0.717) is 18.8 Å². The van der Waals surface area contributed by atoms with Gasteiger partial charge in [-0.25, -0.2) is 4.79 Å². The fourth-order valence-corrected chi connectivity index (χ4v) is 4.05. The molecule has 0 spiro atoms. The van der Waals surface area contributed by atoms with Crippen LogP contribution in [0.3, 0.4) is 0 Å². The highest BCUT2D eigenvalue weighted by atomic mass is 16.6. The lowest BCUT2D eigenvalue weighted by atomic mass is 9.82. The summed E-state index contributed by atoms with van der Waals surface area (Å²) in [6.45, 7) is 11.4. The van der Waals surface area contributed by atoms with Crippen molar-refractivity contribution in [3.8, 4) is 0 Å². The molecule has 1 saturated heterocycles. The van der Waals surface area contributed by atoms with E-state index in [9.17, 15) is 9.59 Å². The molecular weight excluding hydrogens is 330 g/mol. The highest BCUT2D eigenvalue weighted by molar-refractivity contribution is 5.75. The molecule has 1 saturated carbocycles. The second-order valence-electron chi connectivity index (χ2n) is 9.06. The minimum absolute atomic E-state index is 0.146. The summed E-state index contributed by atoms with van der Waals surface area (Å²) in [5, 5.41) is 3.00. The van der Waals surface area contributed by atoms with Gasteiger partial charge in [0.1, 0.15) is 11.7 Å². The molecule has 0 aromatic carbocycles. The molecule has 2 rings (SSSR count). The molecule has 2 fully saturated rings. The van der Waals surface area contributed by atoms with Crippen molar-refractivity contribution in [2.75, 3.05) is 0 Å². The van der Waals surface area contributed by atoms with Crippen LogP contribution in [0.5, 0.6) is 0 Å². The van der Waals surface area contributed by atoms with E-state index in [1.165, 1.54) is 32.1 Å². The van der Waals surface area contributed by atoms with E-state index >= 15 is 0 Å². The van der Waals surface area contributed by atoms with Gasteiger partial charge in [0, 0.05) is 0 Å². The van der Waals surface area contributed by atoms with Gasteiger partial charge in [0.25, 0.3) is 0 Å². The lowest BCUT2D eigenvalue weighted by Crippen LogP contribution is -2.46. The van der Waals surface area contributed by atoms with Crippen molar-refractivity contribution in [1.82, 2.24) is 5.32 Å². The van der Waals surface area contributed by atoms with Crippen LogP contribution in [0, 0.1) is 11.8 Å². The average Bonchev–Trinajstić information content (AvgIpc) is 2.86. The molecule has 1 heterocycles. The Labute approximate surface area is 157 Å². The SMILES string of the molecule is C=C(C)CC1CC(C(CC2CCCCC2)NC(=O)OC(C)(C)C)OC1=O. The maximum Gasteiger partial charge on any atom is 0.408 e. The fourth-order valence-electron chi connectivity index (χ4n) is 4.05. The van der Waals surface area contributed by atoms with Gasteiger partial charge in [0.15, 0.2) is 0 Å². The Bertz CT molecular complexity index is 517. The molecule has 5 heteroatoms. The Morgan fingerprint density at radius 1 is 1.31 bits per heavy atom. The Hall–Kier alpha value is -1.52. The number of hydrogen-bond donors (Lipinski definition) is 1. The number of carbonyl (C=O) groups excluding carboxylic acids is 2. The van der Waals surface area contributed by atoms with Crippen LogP contribution in [0.2, 0.25) is 0 Å². The Balaban J connectivity index is 2.03. The van der Waals surface area contributed by atoms with Crippen LogP contribution < -0.4 is 5.32 Å². The number of nitrogens with one attached hydrogen (secondary N) is 1. The number of cyclic esters (lactones) is 1.